The van der Waals surface area contributed by atoms with Crippen molar-refractivity contribution in [2.75, 3.05) is 12.3 Å². The minimum absolute atomic E-state index is 0.00139. The van der Waals surface area contributed by atoms with Gasteiger partial charge in [0.2, 0.25) is 0 Å². The van der Waals surface area contributed by atoms with Gasteiger partial charge in [-0.3, -0.25) is 4.98 Å². The van der Waals surface area contributed by atoms with Crippen LogP contribution in [-0.2, 0) is 4.74 Å². The Bertz CT molecular complexity index is 304. The van der Waals surface area contributed by atoms with Crippen LogP contribution in [0.1, 0.15) is 31.9 Å². The van der Waals surface area contributed by atoms with Gasteiger partial charge in [0.15, 0.2) is 0 Å². The summed E-state index contributed by atoms with van der Waals surface area (Å²) in [5.74, 6) is 0. The van der Waals surface area contributed by atoms with Crippen LogP contribution in [-0.4, -0.2) is 17.7 Å². The van der Waals surface area contributed by atoms with E-state index >= 15 is 0 Å². The third-order valence-electron chi connectivity index (χ3n) is 2.43. The summed E-state index contributed by atoms with van der Waals surface area (Å²) in [6.07, 6.45) is 4.24. The number of nitrogens with zero attached hydrogens (tertiary/aromatic N) is 1. The van der Waals surface area contributed by atoms with Gasteiger partial charge in [0.05, 0.1) is 12.1 Å². The summed E-state index contributed by atoms with van der Waals surface area (Å²) in [5, 5.41) is 0. The second kappa shape index (κ2) is 5.68. The van der Waals surface area contributed by atoms with Crippen molar-refractivity contribution in [3.63, 3.8) is 0 Å². The molecule has 15 heavy (non-hydrogen) atoms. The standard InChI is InChI=1S/C11H19N3O/c1-3-10(15-4-2)11(13)8-7-14-6-5-9(8)12/h5-7,10-11H,3-4,13H2,1-2H3,(H2,12,14). The van der Waals surface area contributed by atoms with E-state index in [1.54, 1.807) is 18.5 Å². The molecular weight excluding hydrogens is 190 g/mol. The lowest BCUT2D eigenvalue weighted by Crippen LogP contribution is -2.29. The van der Waals surface area contributed by atoms with Gasteiger partial charge in [-0.1, -0.05) is 6.92 Å². The van der Waals surface area contributed by atoms with Crippen LogP contribution >= 0.6 is 0 Å². The molecule has 4 nitrogen and oxygen atoms in total. The van der Waals surface area contributed by atoms with Crippen LogP contribution < -0.4 is 11.5 Å². The fraction of sp³-hybridized carbons (Fsp3) is 0.545. The van der Waals surface area contributed by atoms with Crippen LogP contribution in [0, 0.1) is 0 Å². The molecule has 0 bridgehead atoms. The van der Waals surface area contributed by atoms with Gasteiger partial charge in [-0.2, -0.15) is 0 Å². The van der Waals surface area contributed by atoms with Gasteiger partial charge in [0.25, 0.3) is 0 Å². The Labute approximate surface area is 90.6 Å². The molecule has 84 valence electrons. The minimum atomic E-state index is -0.205. The van der Waals surface area contributed by atoms with Crippen LogP contribution in [0.3, 0.4) is 0 Å². The van der Waals surface area contributed by atoms with Crippen LogP contribution in [0.25, 0.3) is 0 Å². The number of anilines is 1. The van der Waals surface area contributed by atoms with Crippen molar-refractivity contribution < 1.29 is 4.74 Å². The Morgan fingerprint density at radius 3 is 2.73 bits per heavy atom. The molecule has 4 N–H and O–H groups in total. The molecule has 0 saturated carbocycles. The van der Waals surface area contributed by atoms with E-state index in [1.807, 2.05) is 13.8 Å². The van der Waals surface area contributed by atoms with E-state index < -0.39 is 0 Å². The zero-order chi connectivity index (χ0) is 11.3. The Hall–Kier alpha value is -1.13. The zero-order valence-electron chi connectivity index (χ0n) is 9.31. The third-order valence-corrected chi connectivity index (χ3v) is 2.43. The Kier molecular flexibility index (Phi) is 4.52. The average Bonchev–Trinajstić information content (AvgIpc) is 2.25. The number of ether oxygens (including phenoxy) is 1. The highest BCUT2D eigenvalue weighted by molar-refractivity contribution is 5.46. The van der Waals surface area contributed by atoms with Crippen molar-refractivity contribution >= 4 is 5.69 Å². The molecule has 4 heteroatoms. The monoisotopic (exact) mass is 209 g/mol. The number of aromatic nitrogens is 1. The normalized spacial score (nSPS) is 14.9. The van der Waals surface area contributed by atoms with Crippen molar-refractivity contribution in [2.24, 2.45) is 5.73 Å². The number of nitrogens with two attached hydrogens (primary N) is 2. The highest BCUT2D eigenvalue weighted by atomic mass is 16.5. The van der Waals surface area contributed by atoms with E-state index in [-0.39, 0.29) is 12.1 Å². The maximum atomic E-state index is 6.09. The molecule has 0 aliphatic carbocycles. The molecule has 0 aliphatic heterocycles. The van der Waals surface area contributed by atoms with Crippen molar-refractivity contribution in [1.82, 2.24) is 4.98 Å². The van der Waals surface area contributed by atoms with E-state index in [0.717, 1.165) is 12.0 Å². The molecule has 2 atom stereocenters. The summed E-state index contributed by atoms with van der Waals surface area (Å²) in [5.41, 5.74) is 13.5. The van der Waals surface area contributed by atoms with Gasteiger partial charge in [-0.15, -0.1) is 0 Å². The summed E-state index contributed by atoms with van der Waals surface area (Å²) < 4.78 is 5.55. The van der Waals surface area contributed by atoms with Gasteiger partial charge >= 0.3 is 0 Å². The van der Waals surface area contributed by atoms with Crippen molar-refractivity contribution in [3.05, 3.63) is 24.0 Å². The number of hydrogen-bond acceptors (Lipinski definition) is 4. The predicted molar refractivity (Wildman–Crippen MR) is 61.3 cm³/mol. The van der Waals surface area contributed by atoms with Gasteiger partial charge in [-0.05, 0) is 19.4 Å². The van der Waals surface area contributed by atoms with Gasteiger partial charge < -0.3 is 16.2 Å². The molecule has 1 aromatic heterocycles. The van der Waals surface area contributed by atoms with Crippen LogP contribution in [0.2, 0.25) is 0 Å². The quantitative estimate of drug-likeness (QED) is 0.770. The molecule has 0 amide bonds. The van der Waals surface area contributed by atoms with E-state index in [2.05, 4.69) is 4.98 Å². The maximum absolute atomic E-state index is 6.09. The molecule has 1 rings (SSSR count). The lowest BCUT2D eigenvalue weighted by Gasteiger charge is -2.23. The van der Waals surface area contributed by atoms with Crippen LogP contribution in [0.5, 0.6) is 0 Å². The Morgan fingerprint density at radius 1 is 1.47 bits per heavy atom. The topological polar surface area (TPSA) is 74.2 Å². The summed E-state index contributed by atoms with van der Waals surface area (Å²) in [6.45, 7) is 4.67. The summed E-state index contributed by atoms with van der Waals surface area (Å²) in [4.78, 5) is 4.03. The third kappa shape index (κ3) is 2.91. The van der Waals surface area contributed by atoms with E-state index in [1.165, 1.54) is 0 Å². The number of hydrogen-bond donors (Lipinski definition) is 2. The van der Waals surface area contributed by atoms with Crippen molar-refractivity contribution in [2.45, 2.75) is 32.4 Å². The lowest BCUT2D eigenvalue weighted by molar-refractivity contribution is 0.0414. The fourth-order valence-corrected chi connectivity index (χ4v) is 1.59. The summed E-state index contributed by atoms with van der Waals surface area (Å²) >= 11 is 0. The van der Waals surface area contributed by atoms with Gasteiger partial charge in [-0.25, -0.2) is 0 Å². The highest BCUT2D eigenvalue weighted by Gasteiger charge is 2.19. The molecule has 0 fully saturated rings. The summed E-state index contributed by atoms with van der Waals surface area (Å²) in [7, 11) is 0. The number of rotatable bonds is 5. The number of pyridine rings is 1. The molecule has 0 aliphatic rings. The lowest BCUT2D eigenvalue weighted by atomic mass is 10.0. The van der Waals surface area contributed by atoms with Gasteiger partial charge in [0, 0.05) is 30.3 Å². The van der Waals surface area contributed by atoms with E-state index in [0.29, 0.717) is 12.3 Å². The van der Waals surface area contributed by atoms with E-state index in [4.69, 9.17) is 16.2 Å². The van der Waals surface area contributed by atoms with Crippen LogP contribution in [0.15, 0.2) is 18.5 Å². The molecule has 0 spiro atoms. The molecule has 1 heterocycles. The Balaban J connectivity index is 2.82. The Morgan fingerprint density at radius 2 is 2.20 bits per heavy atom. The zero-order valence-corrected chi connectivity index (χ0v) is 9.31. The first-order valence-electron chi connectivity index (χ1n) is 5.27. The second-order valence-electron chi connectivity index (χ2n) is 3.43. The molecule has 0 saturated heterocycles. The first kappa shape index (κ1) is 11.9. The fourth-order valence-electron chi connectivity index (χ4n) is 1.59. The highest BCUT2D eigenvalue weighted by Crippen LogP contribution is 2.23. The first-order chi connectivity index (χ1) is 7.20. The first-order valence-corrected chi connectivity index (χ1v) is 5.27. The second-order valence-corrected chi connectivity index (χ2v) is 3.43. The van der Waals surface area contributed by atoms with Crippen LogP contribution in [0.4, 0.5) is 5.69 Å². The average molecular weight is 209 g/mol. The van der Waals surface area contributed by atoms with E-state index in [9.17, 15) is 0 Å². The van der Waals surface area contributed by atoms with Gasteiger partial charge in [0.1, 0.15) is 0 Å². The maximum Gasteiger partial charge on any atom is 0.0766 e. The molecular formula is C11H19N3O. The smallest absolute Gasteiger partial charge is 0.0766 e. The van der Waals surface area contributed by atoms with Crippen molar-refractivity contribution in [1.29, 1.82) is 0 Å². The molecule has 2 unspecified atom stereocenters. The SMILES string of the molecule is CCOC(CC)C(N)c1cnccc1N. The van der Waals surface area contributed by atoms with Crippen molar-refractivity contribution in [3.8, 4) is 0 Å². The molecule has 0 aromatic carbocycles. The minimum Gasteiger partial charge on any atom is -0.398 e. The predicted octanol–water partition coefficient (Wildman–Crippen LogP) is 1.48. The number of nitrogen functional groups attached to an aromatic ring is 1. The molecule has 0 radical (unpaired) electrons. The summed E-state index contributed by atoms with van der Waals surface area (Å²) in [6, 6.07) is 1.55. The largest absolute Gasteiger partial charge is 0.398 e. The molecule has 1 aromatic rings.